The Bertz CT molecular complexity index is 153. The Morgan fingerprint density at radius 3 is 2.00 bits per heavy atom. The number of fused-ring (bicyclic) bond motifs is 5. The molecule has 0 aromatic rings. The number of hydrogen-bond donors (Lipinski definition) is 1. The third-order valence-electron chi connectivity index (χ3n) is 3.98. The summed E-state index contributed by atoms with van der Waals surface area (Å²) >= 11 is 0. The van der Waals surface area contributed by atoms with Crippen molar-refractivity contribution in [3.05, 3.63) is 0 Å². The van der Waals surface area contributed by atoms with E-state index in [1.54, 1.807) is 0 Å². The molecular formula is C9H14O2. The first kappa shape index (κ1) is 6.44. The lowest BCUT2D eigenvalue weighted by atomic mass is 9.82. The van der Waals surface area contributed by atoms with Crippen LogP contribution in [0.15, 0.2) is 0 Å². The quantitative estimate of drug-likeness (QED) is 0.555. The molecule has 0 amide bonds. The van der Waals surface area contributed by atoms with Crippen molar-refractivity contribution in [3.8, 4) is 0 Å². The molecule has 1 aliphatic heterocycles. The third kappa shape index (κ3) is 0.651. The van der Waals surface area contributed by atoms with E-state index in [1.807, 2.05) is 0 Å². The predicted molar refractivity (Wildman–Crippen MR) is 40.0 cm³/mol. The molecule has 0 radical (unpaired) electrons. The fourth-order valence-electron chi connectivity index (χ4n) is 3.45. The highest BCUT2D eigenvalue weighted by Gasteiger charge is 2.55. The molecule has 0 spiro atoms. The Labute approximate surface area is 66.5 Å². The Morgan fingerprint density at radius 1 is 0.909 bits per heavy atom. The lowest BCUT2D eigenvalue weighted by Gasteiger charge is -2.20. The van der Waals surface area contributed by atoms with Crippen molar-refractivity contribution < 1.29 is 9.84 Å². The van der Waals surface area contributed by atoms with Gasteiger partial charge in [0.1, 0.15) is 0 Å². The molecule has 2 saturated carbocycles. The second-order valence-corrected chi connectivity index (χ2v) is 4.26. The summed E-state index contributed by atoms with van der Waals surface area (Å²) in [5.74, 6) is 2.60. The molecule has 3 rings (SSSR count). The van der Waals surface area contributed by atoms with Crippen LogP contribution in [0.25, 0.3) is 0 Å². The van der Waals surface area contributed by atoms with Gasteiger partial charge in [-0.15, -0.1) is 0 Å². The molecule has 0 aromatic carbocycles. The summed E-state index contributed by atoms with van der Waals surface area (Å²) in [5, 5.41) is 9.78. The first-order chi connectivity index (χ1) is 5.38. The topological polar surface area (TPSA) is 29.5 Å². The fourth-order valence-corrected chi connectivity index (χ4v) is 3.45. The molecular weight excluding hydrogens is 140 g/mol. The van der Waals surface area contributed by atoms with E-state index in [2.05, 4.69) is 0 Å². The van der Waals surface area contributed by atoms with Crippen LogP contribution in [0.5, 0.6) is 0 Å². The molecule has 1 unspecified atom stereocenters. The highest BCUT2D eigenvalue weighted by atomic mass is 16.5. The standard InChI is InChI=1S/C9H14O2/c10-9-5-1-2-6(9)8-4-11-3-7(5)8/h5-10H,1-4H2/t5-,6+,7-,8-,9?/m1/s1. The zero-order valence-electron chi connectivity index (χ0n) is 6.57. The maximum atomic E-state index is 9.78. The van der Waals surface area contributed by atoms with Crippen LogP contribution in [-0.4, -0.2) is 24.4 Å². The lowest BCUT2D eigenvalue weighted by Crippen LogP contribution is -2.19. The summed E-state index contributed by atoms with van der Waals surface area (Å²) < 4.78 is 5.43. The van der Waals surface area contributed by atoms with Crippen LogP contribution < -0.4 is 0 Å². The van der Waals surface area contributed by atoms with Gasteiger partial charge in [0.05, 0.1) is 19.3 Å². The van der Waals surface area contributed by atoms with Crippen LogP contribution in [0.3, 0.4) is 0 Å². The first-order valence-electron chi connectivity index (χ1n) is 4.64. The Hall–Kier alpha value is -0.0800. The molecule has 1 heterocycles. The van der Waals surface area contributed by atoms with Crippen molar-refractivity contribution in [1.29, 1.82) is 0 Å². The summed E-state index contributed by atoms with van der Waals surface area (Å²) in [5.41, 5.74) is 0. The maximum Gasteiger partial charge on any atom is 0.0603 e. The van der Waals surface area contributed by atoms with Gasteiger partial charge >= 0.3 is 0 Å². The van der Waals surface area contributed by atoms with Crippen molar-refractivity contribution >= 4 is 0 Å². The van der Waals surface area contributed by atoms with Gasteiger partial charge in [0.15, 0.2) is 0 Å². The number of hydrogen-bond acceptors (Lipinski definition) is 2. The zero-order valence-corrected chi connectivity index (χ0v) is 6.57. The van der Waals surface area contributed by atoms with Crippen LogP contribution in [-0.2, 0) is 4.74 Å². The maximum absolute atomic E-state index is 9.78. The minimum absolute atomic E-state index is 0.0221. The highest BCUT2D eigenvalue weighted by Crippen LogP contribution is 2.54. The summed E-state index contributed by atoms with van der Waals surface area (Å²) in [4.78, 5) is 0. The number of rotatable bonds is 0. The molecule has 2 aliphatic carbocycles. The molecule has 1 saturated heterocycles. The van der Waals surface area contributed by atoms with E-state index >= 15 is 0 Å². The van der Waals surface area contributed by atoms with Crippen LogP contribution in [0, 0.1) is 23.7 Å². The third-order valence-corrected chi connectivity index (χ3v) is 3.98. The summed E-state index contributed by atoms with van der Waals surface area (Å²) in [6.07, 6.45) is 2.51. The van der Waals surface area contributed by atoms with Crippen LogP contribution in [0.4, 0.5) is 0 Å². The van der Waals surface area contributed by atoms with Gasteiger partial charge in [0.2, 0.25) is 0 Å². The molecule has 2 nitrogen and oxygen atoms in total. The van der Waals surface area contributed by atoms with Crippen LogP contribution in [0.1, 0.15) is 12.8 Å². The largest absolute Gasteiger partial charge is 0.393 e. The molecule has 1 N–H and O–H groups in total. The number of aliphatic hydroxyl groups is 1. The van der Waals surface area contributed by atoms with E-state index < -0.39 is 0 Å². The summed E-state index contributed by atoms with van der Waals surface area (Å²) in [6.45, 7) is 1.84. The van der Waals surface area contributed by atoms with Gasteiger partial charge in [0, 0.05) is 0 Å². The van der Waals surface area contributed by atoms with E-state index in [0.717, 1.165) is 13.2 Å². The van der Waals surface area contributed by atoms with Crippen LogP contribution in [0.2, 0.25) is 0 Å². The summed E-state index contributed by atoms with van der Waals surface area (Å²) in [7, 11) is 0. The van der Waals surface area contributed by atoms with Gasteiger partial charge in [-0.25, -0.2) is 0 Å². The van der Waals surface area contributed by atoms with E-state index in [4.69, 9.17) is 4.74 Å². The van der Waals surface area contributed by atoms with Gasteiger partial charge in [-0.3, -0.25) is 0 Å². The van der Waals surface area contributed by atoms with Gasteiger partial charge in [0.25, 0.3) is 0 Å². The Kier molecular flexibility index (Phi) is 1.16. The average molecular weight is 154 g/mol. The minimum Gasteiger partial charge on any atom is -0.393 e. The monoisotopic (exact) mass is 154 g/mol. The molecule has 3 fully saturated rings. The molecule has 62 valence electrons. The second-order valence-electron chi connectivity index (χ2n) is 4.26. The Morgan fingerprint density at radius 2 is 1.45 bits per heavy atom. The normalized spacial score (nSPS) is 60.3. The highest BCUT2D eigenvalue weighted by molar-refractivity contribution is 5.04. The van der Waals surface area contributed by atoms with Crippen molar-refractivity contribution in [1.82, 2.24) is 0 Å². The van der Waals surface area contributed by atoms with Crippen molar-refractivity contribution in [2.75, 3.05) is 13.2 Å². The fraction of sp³-hybridized carbons (Fsp3) is 1.00. The zero-order chi connectivity index (χ0) is 7.42. The molecule has 2 heteroatoms. The lowest BCUT2D eigenvalue weighted by molar-refractivity contribution is 0.0808. The smallest absolute Gasteiger partial charge is 0.0603 e. The average Bonchev–Trinajstić information content (AvgIpc) is 2.61. The Balaban J connectivity index is 1.94. The van der Waals surface area contributed by atoms with Gasteiger partial charge in [-0.1, -0.05) is 0 Å². The molecule has 2 bridgehead atoms. The van der Waals surface area contributed by atoms with Gasteiger partial charge < -0.3 is 9.84 Å². The minimum atomic E-state index is 0.0221. The van der Waals surface area contributed by atoms with E-state index in [-0.39, 0.29) is 6.10 Å². The predicted octanol–water partition coefficient (Wildman–Crippen LogP) is 0.650. The SMILES string of the molecule is OC1[C@H]2CC[C@@H]1[C@H]1COC[C@@H]12. The molecule has 11 heavy (non-hydrogen) atoms. The van der Waals surface area contributed by atoms with Crippen molar-refractivity contribution in [3.63, 3.8) is 0 Å². The van der Waals surface area contributed by atoms with Crippen molar-refractivity contribution in [2.24, 2.45) is 23.7 Å². The van der Waals surface area contributed by atoms with Gasteiger partial charge in [-0.2, -0.15) is 0 Å². The molecule has 5 atom stereocenters. The van der Waals surface area contributed by atoms with E-state index in [1.165, 1.54) is 12.8 Å². The van der Waals surface area contributed by atoms with E-state index in [9.17, 15) is 5.11 Å². The molecule has 3 aliphatic rings. The summed E-state index contributed by atoms with van der Waals surface area (Å²) in [6, 6.07) is 0. The first-order valence-corrected chi connectivity index (χ1v) is 4.64. The number of aliphatic hydroxyl groups excluding tert-OH is 1. The molecule has 0 aromatic heterocycles. The second kappa shape index (κ2) is 1.99. The van der Waals surface area contributed by atoms with Crippen LogP contribution >= 0.6 is 0 Å². The van der Waals surface area contributed by atoms with E-state index in [0.29, 0.717) is 23.7 Å². The number of ether oxygens (including phenoxy) is 1. The van der Waals surface area contributed by atoms with Crippen molar-refractivity contribution in [2.45, 2.75) is 18.9 Å². The van der Waals surface area contributed by atoms with Gasteiger partial charge in [-0.05, 0) is 36.5 Å².